The van der Waals surface area contributed by atoms with Gasteiger partial charge < -0.3 is 20.7 Å². The maximum atomic E-state index is 9.17. The van der Waals surface area contributed by atoms with E-state index < -0.39 is 12.2 Å². The maximum absolute atomic E-state index is 9.17. The Morgan fingerprint density at radius 2 is 2.00 bits per heavy atom. The van der Waals surface area contributed by atoms with Crippen molar-refractivity contribution in [1.29, 1.82) is 0 Å². The Morgan fingerprint density at radius 1 is 1.40 bits per heavy atom. The van der Waals surface area contributed by atoms with E-state index in [1.165, 1.54) is 7.11 Å². The lowest BCUT2D eigenvalue weighted by Gasteiger charge is -2.13. The first kappa shape index (κ1) is 7.94. The van der Waals surface area contributed by atoms with Gasteiger partial charge in [-0.3, -0.25) is 0 Å². The van der Waals surface area contributed by atoms with Gasteiger partial charge in [0.15, 0.2) is 0 Å². The predicted molar refractivity (Wildman–Crippen MR) is 35.4 cm³/mol. The van der Waals surface area contributed by atoms with Crippen LogP contribution in [0.25, 0.3) is 0 Å². The van der Waals surface area contributed by atoms with Gasteiger partial charge in [0, 0.05) is 13.2 Å². The van der Waals surface area contributed by atoms with Crippen LogP contribution >= 0.6 is 0 Å². The Hall–Kier alpha value is -0.160. The second kappa shape index (κ2) is 2.84. The summed E-state index contributed by atoms with van der Waals surface area (Å²) in [5.41, 5.74) is 5.44. The van der Waals surface area contributed by atoms with E-state index in [9.17, 15) is 5.11 Å². The van der Waals surface area contributed by atoms with Crippen molar-refractivity contribution in [3.8, 4) is 0 Å². The first-order valence-electron chi connectivity index (χ1n) is 3.31. The third-order valence-corrected chi connectivity index (χ3v) is 1.98. The van der Waals surface area contributed by atoms with Crippen LogP contribution in [0, 0.1) is 0 Å². The highest BCUT2D eigenvalue weighted by molar-refractivity contribution is 4.94. The molecule has 0 aromatic heterocycles. The Labute approximate surface area is 59.6 Å². The van der Waals surface area contributed by atoms with Gasteiger partial charge in [-0.05, 0) is 6.42 Å². The van der Waals surface area contributed by atoms with Crippen molar-refractivity contribution in [2.45, 2.75) is 30.8 Å². The van der Waals surface area contributed by atoms with Crippen LogP contribution in [0.3, 0.4) is 0 Å². The number of aliphatic hydroxyl groups is 2. The molecule has 0 amide bonds. The molecule has 1 aliphatic carbocycles. The highest BCUT2D eigenvalue weighted by Crippen LogP contribution is 2.20. The summed E-state index contributed by atoms with van der Waals surface area (Å²) in [6.45, 7) is 0. The molecular formula is C6H13NO3. The largest absolute Gasteiger partial charge is 0.389 e. The standard InChI is InChI=1S/C6H13NO3/c1-10-4-2-3(7)5(8)6(4)9/h3-6,8-9H,2,7H2,1H3/t3-,4+,5+,6-/m1/s1. The predicted octanol–water partition coefficient (Wildman–Crippen LogP) is -1.55. The van der Waals surface area contributed by atoms with Crippen molar-refractivity contribution in [1.82, 2.24) is 0 Å². The smallest absolute Gasteiger partial charge is 0.108 e. The molecule has 0 heterocycles. The quantitative estimate of drug-likeness (QED) is 0.420. The SMILES string of the molecule is CO[C@H]1C[C@@H](N)[C@H](O)[C@@H]1O. The molecule has 0 spiro atoms. The molecule has 1 saturated carbocycles. The zero-order valence-electron chi connectivity index (χ0n) is 5.90. The third-order valence-electron chi connectivity index (χ3n) is 1.98. The minimum absolute atomic E-state index is 0.301. The Kier molecular flexibility index (Phi) is 2.25. The van der Waals surface area contributed by atoms with E-state index in [2.05, 4.69) is 0 Å². The summed E-state index contributed by atoms with van der Waals surface area (Å²) in [6.07, 6.45) is -1.42. The highest BCUT2D eigenvalue weighted by atomic mass is 16.5. The van der Waals surface area contributed by atoms with Gasteiger partial charge in [0.2, 0.25) is 0 Å². The second-order valence-electron chi connectivity index (χ2n) is 2.65. The normalized spacial score (nSPS) is 48.0. The molecule has 4 heteroatoms. The number of hydrogen-bond acceptors (Lipinski definition) is 4. The van der Waals surface area contributed by atoms with Gasteiger partial charge in [-0.1, -0.05) is 0 Å². The molecule has 1 rings (SSSR count). The van der Waals surface area contributed by atoms with Crippen LogP contribution < -0.4 is 5.73 Å². The van der Waals surface area contributed by atoms with E-state index in [0.717, 1.165) is 0 Å². The van der Waals surface area contributed by atoms with E-state index in [4.69, 9.17) is 15.6 Å². The van der Waals surface area contributed by atoms with Crippen molar-refractivity contribution in [3.05, 3.63) is 0 Å². The molecule has 0 saturated heterocycles. The molecule has 4 N–H and O–H groups in total. The van der Waals surface area contributed by atoms with E-state index >= 15 is 0 Å². The molecule has 0 radical (unpaired) electrons. The summed E-state index contributed by atoms with van der Waals surface area (Å²) in [7, 11) is 1.50. The number of nitrogens with two attached hydrogens (primary N) is 1. The second-order valence-corrected chi connectivity index (χ2v) is 2.65. The van der Waals surface area contributed by atoms with Crippen LogP contribution in [-0.2, 0) is 4.74 Å². The molecule has 1 fully saturated rings. The molecule has 4 atom stereocenters. The van der Waals surface area contributed by atoms with Gasteiger partial charge in [-0.25, -0.2) is 0 Å². The third kappa shape index (κ3) is 1.15. The molecule has 10 heavy (non-hydrogen) atoms. The van der Waals surface area contributed by atoms with Crippen LogP contribution in [0.1, 0.15) is 6.42 Å². The molecule has 0 aromatic rings. The Bertz CT molecular complexity index is 120. The summed E-state index contributed by atoms with van der Waals surface area (Å²) < 4.78 is 4.87. The Morgan fingerprint density at radius 3 is 2.20 bits per heavy atom. The highest BCUT2D eigenvalue weighted by Gasteiger charge is 2.39. The van der Waals surface area contributed by atoms with Crippen LogP contribution in [-0.4, -0.2) is 41.7 Å². The van der Waals surface area contributed by atoms with Crippen LogP contribution in [0.2, 0.25) is 0 Å². The minimum atomic E-state index is -0.829. The zero-order valence-corrected chi connectivity index (χ0v) is 5.90. The molecule has 4 nitrogen and oxygen atoms in total. The fraction of sp³-hybridized carbons (Fsp3) is 1.00. The van der Waals surface area contributed by atoms with Gasteiger partial charge in [-0.15, -0.1) is 0 Å². The average molecular weight is 147 g/mol. The van der Waals surface area contributed by atoms with Crippen molar-refractivity contribution in [3.63, 3.8) is 0 Å². The molecular weight excluding hydrogens is 134 g/mol. The summed E-state index contributed by atoms with van der Waals surface area (Å²) in [4.78, 5) is 0. The molecule has 60 valence electrons. The van der Waals surface area contributed by atoms with Crippen LogP contribution in [0.4, 0.5) is 0 Å². The first-order chi connectivity index (χ1) is 4.66. The van der Waals surface area contributed by atoms with Gasteiger partial charge in [0.05, 0.1) is 12.2 Å². The fourth-order valence-electron chi connectivity index (χ4n) is 1.26. The maximum Gasteiger partial charge on any atom is 0.108 e. The topological polar surface area (TPSA) is 75.7 Å². The Balaban J connectivity index is 2.53. The van der Waals surface area contributed by atoms with Gasteiger partial charge in [0.25, 0.3) is 0 Å². The average Bonchev–Trinajstić information content (AvgIpc) is 2.17. The summed E-state index contributed by atoms with van der Waals surface area (Å²) in [5, 5.41) is 18.3. The number of hydrogen-bond donors (Lipinski definition) is 3. The molecule has 0 bridgehead atoms. The minimum Gasteiger partial charge on any atom is -0.389 e. The van der Waals surface area contributed by atoms with Gasteiger partial charge >= 0.3 is 0 Å². The van der Waals surface area contributed by atoms with Crippen molar-refractivity contribution in [2.24, 2.45) is 5.73 Å². The van der Waals surface area contributed by atoms with Crippen molar-refractivity contribution < 1.29 is 14.9 Å². The van der Waals surface area contributed by atoms with E-state index in [-0.39, 0.29) is 12.1 Å². The van der Waals surface area contributed by atoms with E-state index in [1.54, 1.807) is 0 Å². The lowest BCUT2D eigenvalue weighted by Crippen LogP contribution is -2.36. The number of rotatable bonds is 1. The summed E-state index contributed by atoms with van der Waals surface area (Å²) >= 11 is 0. The lowest BCUT2D eigenvalue weighted by atomic mass is 10.2. The van der Waals surface area contributed by atoms with Gasteiger partial charge in [-0.2, -0.15) is 0 Å². The van der Waals surface area contributed by atoms with Crippen molar-refractivity contribution >= 4 is 0 Å². The van der Waals surface area contributed by atoms with E-state index in [1.807, 2.05) is 0 Å². The van der Waals surface area contributed by atoms with Crippen LogP contribution in [0.5, 0.6) is 0 Å². The van der Waals surface area contributed by atoms with Crippen molar-refractivity contribution in [2.75, 3.05) is 7.11 Å². The molecule has 0 aliphatic heterocycles. The molecule has 0 aromatic carbocycles. The monoisotopic (exact) mass is 147 g/mol. The zero-order chi connectivity index (χ0) is 7.72. The van der Waals surface area contributed by atoms with Gasteiger partial charge in [0.1, 0.15) is 6.10 Å². The number of methoxy groups -OCH3 is 1. The van der Waals surface area contributed by atoms with Crippen LogP contribution in [0.15, 0.2) is 0 Å². The van der Waals surface area contributed by atoms with E-state index in [0.29, 0.717) is 6.42 Å². The number of aliphatic hydroxyl groups excluding tert-OH is 2. The molecule has 1 aliphatic rings. The lowest BCUT2D eigenvalue weighted by molar-refractivity contribution is -0.0379. The number of ether oxygens (including phenoxy) is 1. The summed E-state index contributed by atoms with van der Waals surface area (Å²) in [6, 6.07) is -0.347. The fourth-order valence-corrected chi connectivity index (χ4v) is 1.26. The summed E-state index contributed by atoms with van der Waals surface area (Å²) in [5.74, 6) is 0. The molecule has 0 unspecified atom stereocenters. The first-order valence-corrected chi connectivity index (χ1v) is 3.31.